The number of halogens is 2. The summed E-state index contributed by atoms with van der Waals surface area (Å²) in [5, 5.41) is 3.28. The van der Waals surface area contributed by atoms with Gasteiger partial charge in [0.05, 0.1) is 35.5 Å². The van der Waals surface area contributed by atoms with Crippen molar-refractivity contribution >= 4 is 40.7 Å². The van der Waals surface area contributed by atoms with E-state index in [0.717, 1.165) is 0 Å². The molecule has 0 aromatic heterocycles. The molecule has 28 heavy (non-hydrogen) atoms. The fraction of sp³-hybridized carbons (Fsp3) is 0.300. The van der Waals surface area contributed by atoms with Crippen LogP contribution in [0.5, 0.6) is 11.5 Å². The third-order valence-electron chi connectivity index (χ3n) is 3.75. The number of nitrogens with one attached hydrogen (secondary N) is 1. The fourth-order valence-electron chi connectivity index (χ4n) is 2.49. The summed E-state index contributed by atoms with van der Waals surface area (Å²) in [6.07, 6.45) is 0. The molecule has 0 heterocycles. The van der Waals surface area contributed by atoms with Crippen LogP contribution in [0, 0.1) is 0 Å². The molecule has 0 aliphatic heterocycles. The van der Waals surface area contributed by atoms with Gasteiger partial charge in [-0.25, -0.2) is 0 Å². The molecule has 6 nitrogen and oxygen atoms in total. The first-order valence-corrected chi connectivity index (χ1v) is 9.51. The second-order valence-corrected chi connectivity index (χ2v) is 6.65. The minimum Gasteiger partial charge on any atom is -0.490 e. The van der Waals surface area contributed by atoms with Crippen LogP contribution in [-0.4, -0.2) is 43.5 Å². The van der Waals surface area contributed by atoms with E-state index in [0.29, 0.717) is 46.0 Å². The molecule has 0 aliphatic rings. The van der Waals surface area contributed by atoms with Crippen LogP contribution in [0.4, 0.5) is 5.69 Å². The number of ether oxygens (including phenoxy) is 2. The van der Waals surface area contributed by atoms with E-state index in [-0.39, 0.29) is 12.5 Å². The lowest BCUT2D eigenvalue weighted by Gasteiger charge is -2.19. The monoisotopic (exact) mass is 424 g/mol. The van der Waals surface area contributed by atoms with Crippen molar-refractivity contribution in [3.8, 4) is 11.5 Å². The van der Waals surface area contributed by atoms with Crippen molar-refractivity contribution in [1.82, 2.24) is 4.90 Å². The quantitative estimate of drug-likeness (QED) is 0.676. The van der Waals surface area contributed by atoms with Crippen LogP contribution < -0.4 is 14.8 Å². The van der Waals surface area contributed by atoms with Gasteiger partial charge in [-0.1, -0.05) is 29.3 Å². The lowest BCUT2D eigenvalue weighted by Crippen LogP contribution is -2.35. The summed E-state index contributed by atoms with van der Waals surface area (Å²) in [7, 11) is 1.53. The topological polar surface area (TPSA) is 67.9 Å². The smallest absolute Gasteiger partial charge is 0.254 e. The fourth-order valence-corrected chi connectivity index (χ4v) is 2.98. The van der Waals surface area contributed by atoms with E-state index in [2.05, 4.69) is 5.32 Å². The van der Waals surface area contributed by atoms with E-state index in [1.54, 1.807) is 36.4 Å². The standard InChI is InChI=1S/C20H22Cl2N2O4/c1-4-27-16-10-9-13(11-17(16)28-5-2)20(26)24(3)12-18(25)23-19-14(21)7-6-8-15(19)22/h6-11H,4-5,12H2,1-3H3,(H,23,25). The number of nitrogens with zero attached hydrogens (tertiary/aromatic N) is 1. The number of benzene rings is 2. The molecule has 2 aromatic carbocycles. The Labute approximate surface area is 174 Å². The maximum atomic E-state index is 12.7. The van der Waals surface area contributed by atoms with Gasteiger partial charge < -0.3 is 19.7 Å². The van der Waals surface area contributed by atoms with E-state index in [1.807, 2.05) is 13.8 Å². The van der Waals surface area contributed by atoms with E-state index < -0.39 is 5.91 Å². The molecule has 0 saturated heterocycles. The first-order chi connectivity index (χ1) is 13.4. The Morgan fingerprint density at radius 3 is 2.21 bits per heavy atom. The third kappa shape index (κ3) is 5.53. The molecule has 0 saturated carbocycles. The minimum atomic E-state index is -0.415. The zero-order chi connectivity index (χ0) is 20.7. The number of amides is 2. The lowest BCUT2D eigenvalue weighted by molar-refractivity contribution is -0.116. The van der Waals surface area contributed by atoms with Crippen LogP contribution in [0.2, 0.25) is 10.0 Å². The molecule has 150 valence electrons. The highest BCUT2D eigenvalue weighted by molar-refractivity contribution is 6.39. The van der Waals surface area contributed by atoms with Crippen molar-refractivity contribution in [2.75, 3.05) is 32.1 Å². The zero-order valence-electron chi connectivity index (χ0n) is 15.9. The van der Waals surface area contributed by atoms with Crippen molar-refractivity contribution in [3.05, 3.63) is 52.0 Å². The Morgan fingerprint density at radius 2 is 1.61 bits per heavy atom. The van der Waals surface area contributed by atoms with Gasteiger partial charge in [0.2, 0.25) is 5.91 Å². The molecule has 0 spiro atoms. The van der Waals surface area contributed by atoms with Crippen molar-refractivity contribution in [2.45, 2.75) is 13.8 Å². The van der Waals surface area contributed by atoms with Crippen LogP contribution in [0.1, 0.15) is 24.2 Å². The van der Waals surface area contributed by atoms with Gasteiger partial charge >= 0.3 is 0 Å². The summed E-state index contributed by atoms with van der Waals surface area (Å²) in [5.74, 6) is 0.303. The van der Waals surface area contributed by atoms with Crippen molar-refractivity contribution in [1.29, 1.82) is 0 Å². The Bertz CT molecular complexity index is 838. The third-order valence-corrected chi connectivity index (χ3v) is 4.37. The molecule has 0 radical (unpaired) electrons. The van der Waals surface area contributed by atoms with Crippen LogP contribution in [0.3, 0.4) is 0 Å². The molecule has 1 N–H and O–H groups in total. The van der Waals surface area contributed by atoms with Crippen LogP contribution in [0.15, 0.2) is 36.4 Å². The van der Waals surface area contributed by atoms with Gasteiger partial charge in [-0.3, -0.25) is 9.59 Å². The van der Waals surface area contributed by atoms with Gasteiger partial charge in [-0.15, -0.1) is 0 Å². The number of para-hydroxylation sites is 1. The molecule has 2 aromatic rings. The highest BCUT2D eigenvalue weighted by atomic mass is 35.5. The van der Waals surface area contributed by atoms with Gasteiger partial charge in [0.1, 0.15) is 0 Å². The van der Waals surface area contributed by atoms with Gasteiger partial charge in [-0.05, 0) is 44.2 Å². The Kier molecular flexibility index (Phi) is 7.96. The molecule has 0 atom stereocenters. The van der Waals surface area contributed by atoms with Crippen molar-refractivity contribution < 1.29 is 19.1 Å². The summed E-state index contributed by atoms with van der Waals surface area (Å²) >= 11 is 12.1. The van der Waals surface area contributed by atoms with Crippen LogP contribution >= 0.6 is 23.2 Å². The molecular formula is C20H22Cl2N2O4. The molecule has 2 amide bonds. The molecule has 0 aliphatic carbocycles. The summed E-state index contributed by atoms with van der Waals surface area (Å²) in [5.41, 5.74) is 0.703. The average molecular weight is 425 g/mol. The number of anilines is 1. The number of carbonyl (C=O) groups excluding carboxylic acids is 2. The first-order valence-electron chi connectivity index (χ1n) is 8.76. The predicted octanol–water partition coefficient (Wildman–Crippen LogP) is 4.50. The number of rotatable bonds is 8. The molecule has 0 fully saturated rings. The zero-order valence-corrected chi connectivity index (χ0v) is 17.4. The Hall–Kier alpha value is -2.44. The Balaban J connectivity index is 2.09. The summed E-state index contributed by atoms with van der Waals surface area (Å²) in [4.78, 5) is 26.3. The van der Waals surface area contributed by atoms with Gasteiger partial charge in [0.15, 0.2) is 11.5 Å². The Morgan fingerprint density at radius 1 is 1.00 bits per heavy atom. The minimum absolute atomic E-state index is 0.169. The van der Waals surface area contributed by atoms with E-state index in [4.69, 9.17) is 32.7 Å². The molecule has 0 bridgehead atoms. The SMILES string of the molecule is CCOc1ccc(C(=O)N(C)CC(=O)Nc2c(Cl)cccc2Cl)cc1OCC. The average Bonchev–Trinajstić information content (AvgIpc) is 2.66. The number of carbonyl (C=O) groups is 2. The van der Waals surface area contributed by atoms with E-state index in [1.165, 1.54) is 11.9 Å². The van der Waals surface area contributed by atoms with Gasteiger partial charge in [0, 0.05) is 12.6 Å². The second kappa shape index (κ2) is 10.2. The second-order valence-electron chi connectivity index (χ2n) is 5.83. The molecular weight excluding hydrogens is 403 g/mol. The highest BCUT2D eigenvalue weighted by Crippen LogP contribution is 2.30. The van der Waals surface area contributed by atoms with Crippen molar-refractivity contribution in [2.24, 2.45) is 0 Å². The van der Waals surface area contributed by atoms with Gasteiger partial charge in [0.25, 0.3) is 5.91 Å². The maximum Gasteiger partial charge on any atom is 0.254 e. The molecule has 8 heteroatoms. The summed E-state index contributed by atoms with van der Waals surface area (Å²) in [6, 6.07) is 9.84. The lowest BCUT2D eigenvalue weighted by atomic mass is 10.1. The van der Waals surface area contributed by atoms with E-state index >= 15 is 0 Å². The summed E-state index contributed by atoms with van der Waals surface area (Å²) < 4.78 is 11.0. The largest absolute Gasteiger partial charge is 0.490 e. The van der Waals surface area contributed by atoms with Crippen molar-refractivity contribution in [3.63, 3.8) is 0 Å². The highest BCUT2D eigenvalue weighted by Gasteiger charge is 2.18. The van der Waals surface area contributed by atoms with Crippen LogP contribution in [0.25, 0.3) is 0 Å². The normalized spacial score (nSPS) is 10.3. The predicted molar refractivity (Wildman–Crippen MR) is 111 cm³/mol. The number of hydrogen-bond donors (Lipinski definition) is 1. The van der Waals surface area contributed by atoms with Crippen LogP contribution in [-0.2, 0) is 4.79 Å². The number of likely N-dealkylation sites (N-methyl/N-ethyl adjacent to an activating group) is 1. The maximum absolute atomic E-state index is 12.7. The van der Waals surface area contributed by atoms with E-state index in [9.17, 15) is 9.59 Å². The first kappa shape index (κ1) is 21.9. The molecule has 0 unspecified atom stereocenters. The summed E-state index contributed by atoms with van der Waals surface area (Å²) in [6.45, 7) is 4.47. The molecule has 2 rings (SSSR count). The van der Waals surface area contributed by atoms with Gasteiger partial charge in [-0.2, -0.15) is 0 Å². The number of hydrogen-bond acceptors (Lipinski definition) is 4.